The molecular formula is C15H19NO2. The quantitative estimate of drug-likeness (QED) is 0.880. The Morgan fingerprint density at radius 2 is 2.06 bits per heavy atom. The fraction of sp³-hybridized carbons (Fsp3) is 0.333. The third-order valence-electron chi connectivity index (χ3n) is 2.89. The van der Waals surface area contributed by atoms with E-state index < -0.39 is 0 Å². The highest BCUT2D eigenvalue weighted by atomic mass is 16.5. The Morgan fingerprint density at radius 1 is 1.22 bits per heavy atom. The number of aryl methyl sites for hydroxylation is 2. The van der Waals surface area contributed by atoms with E-state index in [9.17, 15) is 0 Å². The molecule has 0 saturated carbocycles. The molecule has 1 aromatic heterocycles. The predicted molar refractivity (Wildman–Crippen MR) is 71.9 cm³/mol. The van der Waals surface area contributed by atoms with Crippen molar-refractivity contribution < 1.29 is 9.15 Å². The molecule has 0 aliphatic rings. The van der Waals surface area contributed by atoms with Crippen LogP contribution in [0.25, 0.3) is 0 Å². The first-order chi connectivity index (χ1) is 8.69. The van der Waals surface area contributed by atoms with E-state index in [0.717, 1.165) is 17.3 Å². The van der Waals surface area contributed by atoms with E-state index in [1.807, 2.05) is 50.2 Å². The van der Waals surface area contributed by atoms with Crippen molar-refractivity contribution in [3.05, 3.63) is 53.5 Å². The van der Waals surface area contributed by atoms with E-state index in [1.54, 1.807) is 0 Å². The summed E-state index contributed by atoms with van der Waals surface area (Å²) >= 11 is 0. The standard InChI is InChI=1S/C15H19NO2/c1-11-4-3-5-14(8-11)17-10-13(9-16)15-7-6-12(2)18-15/h3-8,13H,9-10,16H2,1-2H3. The molecule has 3 nitrogen and oxygen atoms in total. The molecule has 1 atom stereocenters. The summed E-state index contributed by atoms with van der Waals surface area (Å²) in [7, 11) is 0. The lowest BCUT2D eigenvalue weighted by atomic mass is 10.1. The van der Waals surface area contributed by atoms with Gasteiger partial charge < -0.3 is 14.9 Å². The van der Waals surface area contributed by atoms with Gasteiger partial charge in [-0.2, -0.15) is 0 Å². The molecule has 96 valence electrons. The minimum atomic E-state index is 0.0965. The molecule has 18 heavy (non-hydrogen) atoms. The van der Waals surface area contributed by atoms with Crippen LogP contribution in [0, 0.1) is 13.8 Å². The Balaban J connectivity index is 1.99. The van der Waals surface area contributed by atoms with Gasteiger partial charge in [0.15, 0.2) is 0 Å². The predicted octanol–water partition coefficient (Wildman–Crippen LogP) is 3.02. The van der Waals surface area contributed by atoms with E-state index in [0.29, 0.717) is 13.2 Å². The molecule has 0 amide bonds. The number of ether oxygens (including phenoxy) is 1. The normalized spacial score (nSPS) is 12.4. The van der Waals surface area contributed by atoms with E-state index >= 15 is 0 Å². The molecule has 2 N–H and O–H groups in total. The lowest BCUT2D eigenvalue weighted by Gasteiger charge is -2.14. The molecule has 1 heterocycles. The Hall–Kier alpha value is -1.74. The zero-order chi connectivity index (χ0) is 13.0. The molecule has 3 heteroatoms. The summed E-state index contributed by atoms with van der Waals surface area (Å²) < 4.78 is 11.4. The van der Waals surface area contributed by atoms with E-state index in [-0.39, 0.29) is 5.92 Å². The molecule has 0 radical (unpaired) electrons. The summed E-state index contributed by atoms with van der Waals surface area (Å²) in [6, 6.07) is 11.9. The molecule has 1 aromatic carbocycles. The van der Waals surface area contributed by atoms with Crippen LogP contribution in [0.15, 0.2) is 40.8 Å². The fourth-order valence-corrected chi connectivity index (χ4v) is 1.84. The summed E-state index contributed by atoms with van der Waals surface area (Å²) in [5.74, 6) is 2.76. The third-order valence-corrected chi connectivity index (χ3v) is 2.89. The minimum absolute atomic E-state index is 0.0965. The molecule has 0 fully saturated rings. The van der Waals surface area contributed by atoms with Crippen molar-refractivity contribution in [3.63, 3.8) is 0 Å². The van der Waals surface area contributed by atoms with Gasteiger partial charge in [0.25, 0.3) is 0 Å². The number of benzene rings is 1. The smallest absolute Gasteiger partial charge is 0.119 e. The lowest BCUT2D eigenvalue weighted by molar-refractivity contribution is 0.271. The highest BCUT2D eigenvalue weighted by Gasteiger charge is 2.14. The lowest BCUT2D eigenvalue weighted by Crippen LogP contribution is -2.19. The molecule has 0 spiro atoms. The molecular weight excluding hydrogens is 226 g/mol. The maximum Gasteiger partial charge on any atom is 0.119 e. The summed E-state index contributed by atoms with van der Waals surface area (Å²) in [5, 5.41) is 0. The summed E-state index contributed by atoms with van der Waals surface area (Å²) in [4.78, 5) is 0. The van der Waals surface area contributed by atoms with E-state index in [4.69, 9.17) is 14.9 Å². The topological polar surface area (TPSA) is 48.4 Å². The zero-order valence-electron chi connectivity index (χ0n) is 10.8. The minimum Gasteiger partial charge on any atom is -0.493 e. The van der Waals surface area contributed by atoms with Crippen LogP contribution in [0.4, 0.5) is 0 Å². The van der Waals surface area contributed by atoms with Crippen LogP contribution in [-0.2, 0) is 0 Å². The monoisotopic (exact) mass is 245 g/mol. The highest BCUT2D eigenvalue weighted by Crippen LogP contribution is 2.20. The van der Waals surface area contributed by atoms with Gasteiger partial charge in [-0.15, -0.1) is 0 Å². The second kappa shape index (κ2) is 5.74. The van der Waals surface area contributed by atoms with Gasteiger partial charge in [0.05, 0.1) is 12.5 Å². The molecule has 0 aliphatic carbocycles. The van der Waals surface area contributed by atoms with Crippen molar-refractivity contribution >= 4 is 0 Å². The van der Waals surface area contributed by atoms with Gasteiger partial charge in [-0.1, -0.05) is 12.1 Å². The Morgan fingerprint density at radius 3 is 2.67 bits per heavy atom. The van der Waals surface area contributed by atoms with Gasteiger partial charge in [-0.3, -0.25) is 0 Å². The van der Waals surface area contributed by atoms with Crippen molar-refractivity contribution in [1.29, 1.82) is 0 Å². The summed E-state index contributed by atoms with van der Waals surface area (Å²) in [6.45, 7) is 5.02. The van der Waals surface area contributed by atoms with Crippen molar-refractivity contribution in [1.82, 2.24) is 0 Å². The molecule has 1 unspecified atom stereocenters. The molecule has 0 bridgehead atoms. The second-order valence-corrected chi connectivity index (χ2v) is 4.51. The van der Waals surface area contributed by atoms with Crippen LogP contribution in [-0.4, -0.2) is 13.2 Å². The first-order valence-electron chi connectivity index (χ1n) is 6.15. The Labute approximate surface area is 108 Å². The van der Waals surface area contributed by atoms with Gasteiger partial charge in [0.2, 0.25) is 0 Å². The average molecular weight is 245 g/mol. The second-order valence-electron chi connectivity index (χ2n) is 4.51. The van der Waals surface area contributed by atoms with Gasteiger partial charge >= 0.3 is 0 Å². The van der Waals surface area contributed by atoms with Crippen molar-refractivity contribution in [2.24, 2.45) is 5.73 Å². The van der Waals surface area contributed by atoms with E-state index in [2.05, 4.69) is 0 Å². The van der Waals surface area contributed by atoms with Crippen molar-refractivity contribution in [2.45, 2.75) is 19.8 Å². The van der Waals surface area contributed by atoms with Crippen LogP contribution >= 0.6 is 0 Å². The molecule has 2 rings (SSSR count). The van der Waals surface area contributed by atoms with Crippen LogP contribution in [0.5, 0.6) is 5.75 Å². The van der Waals surface area contributed by atoms with Crippen molar-refractivity contribution in [2.75, 3.05) is 13.2 Å². The first kappa shape index (κ1) is 12.7. The van der Waals surface area contributed by atoms with Crippen LogP contribution in [0.1, 0.15) is 23.0 Å². The molecule has 2 aromatic rings. The maximum absolute atomic E-state index is 5.77. The number of furan rings is 1. The Bertz CT molecular complexity index is 505. The first-order valence-corrected chi connectivity index (χ1v) is 6.15. The van der Waals surface area contributed by atoms with Crippen molar-refractivity contribution in [3.8, 4) is 5.75 Å². The zero-order valence-corrected chi connectivity index (χ0v) is 10.8. The van der Waals surface area contributed by atoms with Gasteiger partial charge in [0.1, 0.15) is 17.3 Å². The maximum atomic E-state index is 5.77. The fourth-order valence-electron chi connectivity index (χ4n) is 1.84. The van der Waals surface area contributed by atoms with Gasteiger partial charge in [0, 0.05) is 6.54 Å². The number of rotatable bonds is 5. The van der Waals surface area contributed by atoms with Crippen LogP contribution in [0.3, 0.4) is 0 Å². The highest BCUT2D eigenvalue weighted by molar-refractivity contribution is 5.27. The number of hydrogen-bond donors (Lipinski definition) is 1. The average Bonchev–Trinajstić information content (AvgIpc) is 2.77. The SMILES string of the molecule is Cc1cccc(OCC(CN)c2ccc(C)o2)c1. The van der Waals surface area contributed by atoms with Crippen LogP contribution < -0.4 is 10.5 Å². The largest absolute Gasteiger partial charge is 0.493 e. The molecule has 0 saturated heterocycles. The van der Waals surface area contributed by atoms with Gasteiger partial charge in [-0.05, 0) is 43.7 Å². The third kappa shape index (κ3) is 3.14. The number of hydrogen-bond acceptors (Lipinski definition) is 3. The van der Waals surface area contributed by atoms with E-state index in [1.165, 1.54) is 5.56 Å². The molecule has 0 aliphatic heterocycles. The Kier molecular flexibility index (Phi) is 4.05. The van der Waals surface area contributed by atoms with Gasteiger partial charge in [-0.25, -0.2) is 0 Å². The summed E-state index contributed by atoms with van der Waals surface area (Å²) in [6.07, 6.45) is 0. The number of nitrogens with two attached hydrogens (primary N) is 1. The van der Waals surface area contributed by atoms with Crippen LogP contribution in [0.2, 0.25) is 0 Å². The summed E-state index contributed by atoms with van der Waals surface area (Å²) in [5.41, 5.74) is 6.95.